The Kier molecular flexibility index (Phi) is 4.74. The van der Waals surface area contributed by atoms with E-state index < -0.39 is 0 Å². The van der Waals surface area contributed by atoms with Gasteiger partial charge in [0, 0.05) is 19.1 Å². The van der Waals surface area contributed by atoms with E-state index in [9.17, 15) is 0 Å². The lowest BCUT2D eigenvalue weighted by Crippen LogP contribution is -2.23. The van der Waals surface area contributed by atoms with Gasteiger partial charge in [-0.25, -0.2) is 0 Å². The second kappa shape index (κ2) is 6.52. The van der Waals surface area contributed by atoms with Gasteiger partial charge in [0.25, 0.3) is 5.95 Å². The largest absolute Gasteiger partial charge is 0.339 e. The van der Waals surface area contributed by atoms with Gasteiger partial charge in [0.15, 0.2) is 0 Å². The highest BCUT2D eigenvalue weighted by Crippen LogP contribution is 2.28. The summed E-state index contributed by atoms with van der Waals surface area (Å²) in [7, 11) is 0. The van der Waals surface area contributed by atoms with Crippen LogP contribution >= 0.6 is 0 Å². The van der Waals surface area contributed by atoms with E-state index >= 15 is 0 Å². The highest BCUT2D eigenvalue weighted by atomic mass is 16.5. The average molecular weight is 274 g/mol. The number of rotatable bonds is 6. The van der Waals surface area contributed by atoms with Crippen LogP contribution in [0.4, 0.5) is 5.95 Å². The van der Waals surface area contributed by atoms with Gasteiger partial charge in [0.2, 0.25) is 5.89 Å². The lowest BCUT2D eigenvalue weighted by atomic mass is 9.95. The van der Waals surface area contributed by atoms with Crippen molar-refractivity contribution in [1.29, 1.82) is 0 Å². The van der Waals surface area contributed by atoms with Crippen molar-refractivity contribution in [1.82, 2.24) is 10.1 Å². The van der Waals surface area contributed by atoms with Crippen LogP contribution in [0.2, 0.25) is 0 Å². The molecule has 0 bridgehead atoms. The third-order valence-corrected chi connectivity index (χ3v) is 3.59. The Labute approximate surface area is 119 Å². The molecular weight excluding hydrogens is 252 g/mol. The molecule has 0 fully saturated rings. The van der Waals surface area contributed by atoms with Crippen molar-refractivity contribution in [3.05, 3.63) is 41.8 Å². The van der Waals surface area contributed by atoms with Gasteiger partial charge >= 0.3 is 0 Å². The van der Waals surface area contributed by atoms with Crippen molar-refractivity contribution in [3.8, 4) is 0 Å². The zero-order valence-electron chi connectivity index (χ0n) is 12.3. The van der Waals surface area contributed by atoms with Crippen LogP contribution in [-0.4, -0.2) is 23.2 Å². The van der Waals surface area contributed by atoms with Crippen LogP contribution in [0, 0.1) is 0 Å². The Morgan fingerprint density at radius 1 is 1.20 bits per heavy atom. The van der Waals surface area contributed by atoms with Crippen molar-refractivity contribution >= 4 is 5.95 Å². The van der Waals surface area contributed by atoms with E-state index in [1.165, 1.54) is 0 Å². The predicted molar refractivity (Wildman–Crippen MR) is 79.6 cm³/mol. The minimum Gasteiger partial charge on any atom is -0.339 e. The summed E-state index contributed by atoms with van der Waals surface area (Å²) in [5, 5.41) is 4.04. The fourth-order valence-corrected chi connectivity index (χ4v) is 2.16. The van der Waals surface area contributed by atoms with Gasteiger partial charge in [-0.1, -0.05) is 37.3 Å². The van der Waals surface area contributed by atoms with Gasteiger partial charge in [-0.15, -0.1) is 0 Å². The van der Waals surface area contributed by atoms with E-state index in [2.05, 4.69) is 24.0 Å². The monoisotopic (exact) mass is 274 g/mol. The summed E-state index contributed by atoms with van der Waals surface area (Å²) in [6.07, 6.45) is 0. The van der Waals surface area contributed by atoms with Crippen molar-refractivity contribution < 1.29 is 4.52 Å². The predicted octanol–water partition coefficient (Wildman–Crippen LogP) is 2.72. The molecule has 0 aliphatic heterocycles. The summed E-state index contributed by atoms with van der Waals surface area (Å²) in [5.74, 6) is 1.20. The zero-order valence-corrected chi connectivity index (χ0v) is 12.3. The molecule has 20 heavy (non-hydrogen) atoms. The molecule has 0 radical (unpaired) electrons. The van der Waals surface area contributed by atoms with Crippen molar-refractivity contribution in [2.45, 2.75) is 32.7 Å². The van der Waals surface area contributed by atoms with Crippen LogP contribution in [-0.2, 0) is 0 Å². The van der Waals surface area contributed by atoms with Gasteiger partial charge in [-0.05, 0) is 24.6 Å². The molecule has 2 atom stereocenters. The average Bonchev–Trinajstić information content (AvgIpc) is 2.97. The maximum Gasteiger partial charge on any atom is 0.266 e. The summed E-state index contributed by atoms with van der Waals surface area (Å²) < 4.78 is 5.37. The van der Waals surface area contributed by atoms with E-state index in [1.807, 2.05) is 42.2 Å². The maximum atomic E-state index is 6.28. The topological polar surface area (TPSA) is 68.2 Å². The summed E-state index contributed by atoms with van der Waals surface area (Å²) in [6.45, 7) is 7.86. The van der Waals surface area contributed by atoms with Gasteiger partial charge in [0.05, 0.1) is 5.92 Å². The Morgan fingerprint density at radius 3 is 2.45 bits per heavy atom. The highest BCUT2D eigenvalue weighted by molar-refractivity contribution is 5.28. The van der Waals surface area contributed by atoms with E-state index in [-0.39, 0.29) is 12.0 Å². The zero-order chi connectivity index (χ0) is 14.5. The molecule has 1 heterocycles. The quantitative estimate of drug-likeness (QED) is 0.877. The van der Waals surface area contributed by atoms with Crippen LogP contribution in [0.25, 0.3) is 0 Å². The van der Waals surface area contributed by atoms with Crippen LogP contribution in [0.5, 0.6) is 0 Å². The number of nitrogens with two attached hydrogens (primary N) is 1. The molecule has 0 aliphatic carbocycles. The van der Waals surface area contributed by atoms with Gasteiger partial charge in [-0.2, -0.15) is 4.98 Å². The minimum atomic E-state index is -0.152. The second-order valence-electron chi connectivity index (χ2n) is 4.83. The first kappa shape index (κ1) is 14.5. The third-order valence-electron chi connectivity index (χ3n) is 3.59. The summed E-state index contributed by atoms with van der Waals surface area (Å²) >= 11 is 0. The first-order chi connectivity index (χ1) is 9.67. The lowest BCUT2D eigenvalue weighted by Gasteiger charge is -2.17. The Balaban J connectivity index is 2.15. The van der Waals surface area contributed by atoms with Crippen molar-refractivity contribution in [2.24, 2.45) is 5.73 Å². The Morgan fingerprint density at radius 2 is 1.85 bits per heavy atom. The number of aromatic nitrogens is 2. The molecule has 2 N–H and O–H groups in total. The van der Waals surface area contributed by atoms with Crippen molar-refractivity contribution in [3.63, 3.8) is 0 Å². The molecule has 0 spiro atoms. The molecule has 108 valence electrons. The van der Waals surface area contributed by atoms with Crippen LogP contribution in [0.15, 0.2) is 34.9 Å². The second-order valence-corrected chi connectivity index (χ2v) is 4.83. The molecule has 0 saturated carbocycles. The van der Waals surface area contributed by atoms with E-state index in [4.69, 9.17) is 10.3 Å². The van der Waals surface area contributed by atoms with Gasteiger partial charge in [0.1, 0.15) is 0 Å². The molecule has 2 aromatic rings. The highest BCUT2D eigenvalue weighted by Gasteiger charge is 2.23. The molecule has 0 aliphatic rings. The number of benzene rings is 1. The molecule has 2 rings (SSSR count). The first-order valence-corrected chi connectivity index (χ1v) is 7.06. The molecule has 5 heteroatoms. The molecule has 1 aromatic carbocycles. The van der Waals surface area contributed by atoms with E-state index in [0.717, 1.165) is 18.7 Å². The fraction of sp³-hybridized carbons (Fsp3) is 0.467. The number of nitrogens with zero attached hydrogens (tertiary/aromatic N) is 3. The molecule has 5 nitrogen and oxygen atoms in total. The fourth-order valence-electron chi connectivity index (χ4n) is 2.16. The summed E-state index contributed by atoms with van der Waals surface area (Å²) in [6, 6.07) is 9.83. The van der Waals surface area contributed by atoms with Gasteiger partial charge in [-0.3, -0.25) is 0 Å². The summed E-state index contributed by atoms with van der Waals surface area (Å²) in [4.78, 5) is 6.52. The van der Waals surface area contributed by atoms with Crippen LogP contribution < -0.4 is 10.6 Å². The molecule has 2 unspecified atom stereocenters. The molecule has 1 aromatic heterocycles. The van der Waals surface area contributed by atoms with Gasteiger partial charge < -0.3 is 15.2 Å². The maximum absolute atomic E-state index is 6.28. The minimum absolute atomic E-state index is 0.0192. The third kappa shape index (κ3) is 2.99. The normalized spacial score (nSPS) is 14.0. The van der Waals surface area contributed by atoms with Crippen LogP contribution in [0.3, 0.4) is 0 Å². The number of hydrogen-bond donors (Lipinski definition) is 1. The van der Waals surface area contributed by atoms with E-state index in [1.54, 1.807) is 0 Å². The number of hydrogen-bond acceptors (Lipinski definition) is 5. The first-order valence-electron chi connectivity index (χ1n) is 7.06. The smallest absolute Gasteiger partial charge is 0.266 e. The molecule has 0 saturated heterocycles. The van der Waals surface area contributed by atoms with Crippen molar-refractivity contribution in [2.75, 3.05) is 18.0 Å². The Bertz CT molecular complexity index is 522. The number of anilines is 1. The Hall–Kier alpha value is -1.88. The molecular formula is C15H22N4O. The van der Waals surface area contributed by atoms with E-state index in [0.29, 0.717) is 11.8 Å². The SMILES string of the molecule is CCN(CC)c1noc(C(C)C(N)c2ccccc2)n1. The summed E-state index contributed by atoms with van der Waals surface area (Å²) in [5.41, 5.74) is 7.35. The van der Waals surface area contributed by atoms with Crippen LogP contribution in [0.1, 0.15) is 44.2 Å². The molecule has 0 amide bonds. The lowest BCUT2D eigenvalue weighted by molar-refractivity contribution is 0.343. The standard InChI is InChI=1S/C15H22N4O/c1-4-19(5-2)15-17-14(20-18-15)11(3)13(16)12-9-7-6-8-10-12/h6-11,13H,4-5,16H2,1-3H3.